The van der Waals surface area contributed by atoms with Crippen molar-refractivity contribution in [3.63, 3.8) is 0 Å². The maximum atomic E-state index is 12.2. The van der Waals surface area contributed by atoms with Gasteiger partial charge in [-0.1, -0.05) is 0 Å². The summed E-state index contributed by atoms with van der Waals surface area (Å²) in [5.41, 5.74) is -0.603. The number of alkyl halides is 3. The molecule has 1 aliphatic heterocycles. The quantitative estimate of drug-likeness (QED) is 0.834. The molecule has 1 rings (SSSR count). The summed E-state index contributed by atoms with van der Waals surface area (Å²) in [6, 6.07) is -0.276. The molecule has 0 aromatic rings. The summed E-state index contributed by atoms with van der Waals surface area (Å²) in [5, 5.41) is 2.58. The van der Waals surface area contributed by atoms with Crippen LogP contribution >= 0.6 is 0 Å². The van der Waals surface area contributed by atoms with Gasteiger partial charge in [-0.15, -0.1) is 0 Å². The minimum absolute atomic E-state index is 0.207. The summed E-state index contributed by atoms with van der Waals surface area (Å²) in [5.74, 6) is 0. The van der Waals surface area contributed by atoms with Crippen LogP contribution in [-0.2, 0) is 4.74 Å². The van der Waals surface area contributed by atoms with Crippen molar-refractivity contribution in [2.45, 2.75) is 45.0 Å². The normalized spacial score (nSPS) is 22.0. The number of rotatable bonds is 2. The first-order chi connectivity index (χ1) is 8.05. The van der Waals surface area contributed by atoms with E-state index in [1.807, 2.05) is 0 Å². The van der Waals surface area contributed by atoms with Crippen LogP contribution in [0.25, 0.3) is 0 Å². The summed E-state index contributed by atoms with van der Waals surface area (Å²) in [6.07, 6.45) is -4.27. The minimum Gasteiger partial charge on any atom is -0.444 e. The number of nitrogens with one attached hydrogen (secondary N) is 1. The highest BCUT2D eigenvalue weighted by molar-refractivity contribution is 5.68. The first-order valence-electron chi connectivity index (χ1n) is 5.84. The van der Waals surface area contributed by atoms with Crippen LogP contribution in [0.3, 0.4) is 0 Å². The molecule has 1 aliphatic rings. The van der Waals surface area contributed by atoms with Crippen molar-refractivity contribution < 1.29 is 22.7 Å². The zero-order valence-electron chi connectivity index (χ0n) is 10.8. The Balaban J connectivity index is 2.32. The van der Waals surface area contributed by atoms with Crippen LogP contribution in [0.1, 0.15) is 27.2 Å². The first-order valence-corrected chi connectivity index (χ1v) is 5.84. The Morgan fingerprint density at radius 2 is 2.00 bits per heavy atom. The average molecular weight is 268 g/mol. The second-order valence-electron chi connectivity index (χ2n) is 5.48. The lowest BCUT2D eigenvalue weighted by Crippen LogP contribution is -2.41. The molecular formula is C11H19F3N2O2. The van der Waals surface area contributed by atoms with Crippen LogP contribution in [0.4, 0.5) is 18.0 Å². The number of halogens is 3. The molecular weight excluding hydrogens is 249 g/mol. The summed E-state index contributed by atoms with van der Waals surface area (Å²) in [6.45, 7) is 4.81. The predicted octanol–water partition coefficient (Wildman–Crippen LogP) is 2.15. The van der Waals surface area contributed by atoms with Gasteiger partial charge < -0.3 is 10.1 Å². The van der Waals surface area contributed by atoms with Gasteiger partial charge in [0.1, 0.15) is 5.60 Å². The van der Waals surface area contributed by atoms with Crippen molar-refractivity contribution in [1.29, 1.82) is 0 Å². The minimum atomic E-state index is -4.19. The Hall–Kier alpha value is -0.980. The second kappa shape index (κ2) is 5.34. The van der Waals surface area contributed by atoms with Crippen molar-refractivity contribution in [3.05, 3.63) is 0 Å². The molecule has 1 saturated heterocycles. The fraction of sp³-hybridized carbons (Fsp3) is 0.909. The van der Waals surface area contributed by atoms with E-state index in [4.69, 9.17) is 4.74 Å². The third-order valence-electron chi connectivity index (χ3n) is 2.40. The van der Waals surface area contributed by atoms with Crippen molar-refractivity contribution in [1.82, 2.24) is 10.2 Å². The van der Waals surface area contributed by atoms with Gasteiger partial charge in [0, 0.05) is 19.1 Å². The smallest absolute Gasteiger partial charge is 0.407 e. The maximum Gasteiger partial charge on any atom is 0.407 e. The summed E-state index contributed by atoms with van der Waals surface area (Å²) < 4.78 is 41.5. The predicted molar refractivity (Wildman–Crippen MR) is 60.3 cm³/mol. The SMILES string of the molecule is CC(C)(C)OC(=O)N[C@H]1CCN(CC(F)(F)F)C1. The highest BCUT2D eigenvalue weighted by atomic mass is 19.4. The fourth-order valence-electron chi connectivity index (χ4n) is 1.82. The van der Waals surface area contributed by atoms with Crippen molar-refractivity contribution in [2.24, 2.45) is 0 Å². The van der Waals surface area contributed by atoms with Crippen molar-refractivity contribution in [3.8, 4) is 0 Å². The monoisotopic (exact) mass is 268 g/mol. The zero-order valence-corrected chi connectivity index (χ0v) is 10.8. The Kier molecular flexibility index (Phi) is 4.47. The molecule has 1 amide bonds. The van der Waals surface area contributed by atoms with Crippen LogP contribution in [0.5, 0.6) is 0 Å². The van der Waals surface area contributed by atoms with Crippen LogP contribution in [0, 0.1) is 0 Å². The fourth-order valence-corrected chi connectivity index (χ4v) is 1.82. The van der Waals surface area contributed by atoms with E-state index in [9.17, 15) is 18.0 Å². The number of amides is 1. The second-order valence-corrected chi connectivity index (χ2v) is 5.48. The number of carbonyl (C=O) groups excluding carboxylic acids is 1. The van der Waals surface area contributed by atoms with Crippen LogP contribution in [0.2, 0.25) is 0 Å². The van der Waals surface area contributed by atoms with Crippen molar-refractivity contribution in [2.75, 3.05) is 19.6 Å². The van der Waals surface area contributed by atoms with Gasteiger partial charge in [0.2, 0.25) is 0 Å². The highest BCUT2D eigenvalue weighted by Crippen LogP contribution is 2.20. The number of ether oxygens (including phenoxy) is 1. The third kappa shape index (κ3) is 6.09. The Morgan fingerprint density at radius 1 is 1.39 bits per heavy atom. The molecule has 0 bridgehead atoms. The Morgan fingerprint density at radius 3 is 2.50 bits per heavy atom. The lowest BCUT2D eigenvalue weighted by atomic mass is 10.2. The van der Waals surface area contributed by atoms with Crippen LogP contribution in [0.15, 0.2) is 0 Å². The van der Waals surface area contributed by atoms with E-state index in [2.05, 4.69) is 5.32 Å². The average Bonchev–Trinajstić information content (AvgIpc) is 2.44. The molecule has 106 valence electrons. The third-order valence-corrected chi connectivity index (χ3v) is 2.40. The van der Waals surface area contributed by atoms with Crippen molar-refractivity contribution >= 4 is 6.09 Å². The van der Waals surface area contributed by atoms with Gasteiger partial charge in [-0.05, 0) is 27.2 Å². The number of hydrogen-bond acceptors (Lipinski definition) is 3. The van der Waals surface area contributed by atoms with Gasteiger partial charge >= 0.3 is 12.3 Å². The molecule has 7 heteroatoms. The van der Waals surface area contributed by atoms with Gasteiger partial charge in [-0.2, -0.15) is 13.2 Å². The van der Waals surface area contributed by atoms with Gasteiger partial charge in [-0.25, -0.2) is 4.79 Å². The molecule has 0 aromatic carbocycles. The highest BCUT2D eigenvalue weighted by Gasteiger charge is 2.35. The number of alkyl carbamates (subject to hydrolysis) is 1. The number of carbonyl (C=O) groups is 1. The standard InChI is InChI=1S/C11H19F3N2O2/c1-10(2,3)18-9(17)15-8-4-5-16(6-8)7-11(12,13)14/h8H,4-7H2,1-3H3,(H,15,17)/t8-/m0/s1. The molecule has 1 atom stereocenters. The molecule has 0 radical (unpaired) electrons. The molecule has 1 N–H and O–H groups in total. The summed E-state index contributed by atoms with van der Waals surface area (Å²) >= 11 is 0. The van der Waals surface area contributed by atoms with Gasteiger partial charge in [0.15, 0.2) is 0 Å². The van der Waals surface area contributed by atoms with E-state index in [1.165, 1.54) is 4.90 Å². The van der Waals surface area contributed by atoms with Gasteiger partial charge in [-0.3, -0.25) is 4.90 Å². The van der Waals surface area contributed by atoms with E-state index < -0.39 is 24.4 Å². The molecule has 1 heterocycles. The van der Waals surface area contributed by atoms with Crippen LogP contribution < -0.4 is 5.32 Å². The van der Waals surface area contributed by atoms with Gasteiger partial charge in [0.25, 0.3) is 0 Å². The molecule has 1 fully saturated rings. The summed E-state index contributed by atoms with van der Waals surface area (Å²) in [4.78, 5) is 12.7. The van der Waals surface area contributed by atoms with Gasteiger partial charge in [0.05, 0.1) is 6.54 Å². The van der Waals surface area contributed by atoms with E-state index in [1.54, 1.807) is 20.8 Å². The zero-order chi connectivity index (χ0) is 14.0. The number of likely N-dealkylation sites (tertiary alicyclic amines) is 1. The topological polar surface area (TPSA) is 41.6 Å². The number of nitrogens with zero attached hydrogens (tertiary/aromatic N) is 1. The summed E-state index contributed by atoms with van der Waals surface area (Å²) in [7, 11) is 0. The van der Waals surface area contributed by atoms with E-state index >= 15 is 0 Å². The molecule has 18 heavy (non-hydrogen) atoms. The lowest BCUT2D eigenvalue weighted by Gasteiger charge is -2.22. The molecule has 0 spiro atoms. The molecule has 0 aromatic heterocycles. The van der Waals surface area contributed by atoms with Crippen LogP contribution in [-0.4, -0.2) is 48.4 Å². The van der Waals surface area contributed by atoms with E-state index in [0.717, 1.165) is 0 Å². The molecule has 4 nitrogen and oxygen atoms in total. The maximum absolute atomic E-state index is 12.2. The first kappa shape index (κ1) is 15.1. The Bertz CT molecular complexity index is 300. The molecule has 0 saturated carbocycles. The molecule has 0 unspecified atom stereocenters. The number of hydrogen-bond donors (Lipinski definition) is 1. The van der Waals surface area contributed by atoms with E-state index in [0.29, 0.717) is 13.0 Å². The molecule has 0 aliphatic carbocycles. The van der Waals surface area contributed by atoms with E-state index in [-0.39, 0.29) is 12.6 Å². The lowest BCUT2D eigenvalue weighted by molar-refractivity contribution is -0.143. The Labute approximate surface area is 104 Å². The largest absolute Gasteiger partial charge is 0.444 e.